The SMILES string of the molecule is COC(=O)NC(C(=O)N(Cc1nc2ccc(-c3ccc4c(c3)C(F)(F)c3cc(-c5cnc6n5C65CCCN5)ccc3-4)cc2[nH]1)C1CCCC1)C(C)OC. The number of fused-ring (bicyclic) bond motifs is 7. The monoisotopic (exact) mass is 721 g/mol. The van der Waals surface area contributed by atoms with Gasteiger partial charge >= 0.3 is 6.09 Å². The predicted molar refractivity (Wildman–Crippen MR) is 194 cm³/mol. The van der Waals surface area contributed by atoms with Gasteiger partial charge in [0.15, 0.2) is 11.5 Å². The van der Waals surface area contributed by atoms with E-state index in [1.54, 1.807) is 36.2 Å². The molecule has 2 aliphatic heterocycles. The van der Waals surface area contributed by atoms with E-state index in [1.807, 2.05) is 36.4 Å². The van der Waals surface area contributed by atoms with Crippen molar-refractivity contribution in [3.8, 4) is 33.5 Å². The van der Waals surface area contributed by atoms with E-state index in [0.717, 1.165) is 73.2 Å². The zero-order valence-corrected chi connectivity index (χ0v) is 29.8. The van der Waals surface area contributed by atoms with Gasteiger partial charge in [-0.2, -0.15) is 8.78 Å². The van der Waals surface area contributed by atoms with Crippen LogP contribution in [0.4, 0.5) is 13.6 Å². The standard InChI is InChI=1S/C40H41F2N7O4/c1-22(52-2)35(47-38(51)53-3)36(50)48(26-7-4-5-8-26)21-34-45-31-14-11-24(19-32(31)46-34)23-9-12-27-28-13-10-25(18-30(28)40(41,42)29(27)17-23)33-20-43-37-39(49(33)37)15-6-16-44-39/h9-14,17-20,22,26,35,44H,4-8,15-16,21H2,1-3H3,(H,45,46)(H,47,51). The molecule has 4 heterocycles. The van der Waals surface area contributed by atoms with Crippen molar-refractivity contribution >= 4 is 23.0 Å². The Balaban J connectivity index is 0.985. The first-order chi connectivity index (χ1) is 25.6. The molecule has 2 aromatic heterocycles. The number of rotatable bonds is 9. The van der Waals surface area contributed by atoms with E-state index in [9.17, 15) is 9.59 Å². The molecule has 13 heteroatoms. The van der Waals surface area contributed by atoms with Gasteiger partial charge in [0.1, 0.15) is 11.9 Å². The molecular weight excluding hydrogens is 680 g/mol. The fraction of sp³-hybridized carbons (Fsp3) is 0.400. The second kappa shape index (κ2) is 12.5. The summed E-state index contributed by atoms with van der Waals surface area (Å²) in [7, 11) is 2.74. The van der Waals surface area contributed by atoms with Crippen molar-refractivity contribution < 1.29 is 27.8 Å². The highest BCUT2D eigenvalue weighted by atomic mass is 19.3. The number of hydrogen-bond acceptors (Lipinski definition) is 7. The summed E-state index contributed by atoms with van der Waals surface area (Å²) in [5.74, 6) is -1.89. The Morgan fingerprint density at radius 2 is 1.70 bits per heavy atom. The van der Waals surface area contributed by atoms with Crippen LogP contribution in [-0.4, -0.2) is 75.4 Å². The first-order valence-corrected chi connectivity index (χ1v) is 18.3. The number of carbonyl (C=O) groups is 2. The average molecular weight is 722 g/mol. The van der Waals surface area contributed by atoms with Crippen LogP contribution in [0, 0.1) is 0 Å². The summed E-state index contributed by atoms with van der Waals surface area (Å²) in [4.78, 5) is 40.7. The van der Waals surface area contributed by atoms with Gasteiger partial charge in [0, 0.05) is 29.8 Å². The molecule has 3 unspecified atom stereocenters. The van der Waals surface area contributed by atoms with Crippen LogP contribution < -0.4 is 10.6 Å². The van der Waals surface area contributed by atoms with Crippen LogP contribution in [0.1, 0.15) is 68.2 Å². The van der Waals surface area contributed by atoms with Crippen LogP contribution in [0.15, 0.2) is 60.8 Å². The summed E-state index contributed by atoms with van der Waals surface area (Å²) >= 11 is 0. The Bertz CT molecular complexity index is 2270. The summed E-state index contributed by atoms with van der Waals surface area (Å²) < 4.78 is 45.0. The first-order valence-electron chi connectivity index (χ1n) is 18.3. The van der Waals surface area contributed by atoms with Crippen LogP contribution in [0.3, 0.4) is 0 Å². The lowest BCUT2D eigenvalue weighted by Crippen LogP contribution is -2.55. The molecule has 1 saturated heterocycles. The fourth-order valence-corrected chi connectivity index (χ4v) is 8.77. The number of aromatic nitrogens is 4. The van der Waals surface area contributed by atoms with Crippen LogP contribution in [0.2, 0.25) is 0 Å². The van der Waals surface area contributed by atoms with Crippen LogP contribution in [-0.2, 0) is 32.4 Å². The highest BCUT2D eigenvalue weighted by Gasteiger charge is 2.56. The summed E-state index contributed by atoms with van der Waals surface area (Å²) in [6, 6.07) is 15.3. The number of ether oxygens (including phenoxy) is 2. The molecule has 4 aliphatic rings. The number of aromatic amines is 1. The lowest BCUT2D eigenvalue weighted by Gasteiger charge is -2.33. The van der Waals surface area contributed by atoms with Crippen molar-refractivity contribution in [2.75, 3.05) is 20.8 Å². The maximum atomic E-state index is 16.3. The topological polar surface area (TPSA) is 126 Å². The zero-order valence-electron chi connectivity index (χ0n) is 29.8. The highest BCUT2D eigenvalue weighted by molar-refractivity contribution is 5.88. The molecule has 2 amide bonds. The van der Waals surface area contributed by atoms with Crippen molar-refractivity contribution in [2.45, 2.75) is 81.8 Å². The quantitative estimate of drug-likeness (QED) is 0.156. The largest absolute Gasteiger partial charge is 0.453 e. The number of nitrogens with one attached hydrogen (secondary N) is 3. The maximum Gasteiger partial charge on any atom is 0.407 e. The van der Waals surface area contributed by atoms with E-state index >= 15 is 8.78 Å². The molecule has 9 rings (SSSR count). The number of alkyl carbamates (subject to hydrolysis) is 1. The molecule has 1 spiro atoms. The molecule has 3 N–H and O–H groups in total. The van der Waals surface area contributed by atoms with E-state index in [2.05, 4.69) is 25.2 Å². The lowest BCUT2D eigenvalue weighted by molar-refractivity contribution is -0.139. The van der Waals surface area contributed by atoms with Gasteiger partial charge in [0.05, 0.1) is 42.7 Å². The molecular formula is C40H41F2N7O4. The molecule has 0 bridgehead atoms. The van der Waals surface area contributed by atoms with Gasteiger partial charge in [-0.1, -0.05) is 43.2 Å². The van der Waals surface area contributed by atoms with Gasteiger partial charge in [0.2, 0.25) is 5.91 Å². The maximum absolute atomic E-state index is 16.3. The number of hydrogen-bond donors (Lipinski definition) is 3. The Hall–Kier alpha value is -5.14. The van der Waals surface area contributed by atoms with Crippen LogP contribution in [0.25, 0.3) is 44.5 Å². The van der Waals surface area contributed by atoms with Crippen molar-refractivity contribution in [2.24, 2.45) is 0 Å². The molecule has 11 nitrogen and oxygen atoms in total. The molecule has 2 fully saturated rings. The van der Waals surface area contributed by atoms with Gasteiger partial charge in [-0.05, 0) is 85.7 Å². The Morgan fingerprint density at radius 3 is 2.40 bits per heavy atom. The van der Waals surface area contributed by atoms with Crippen LogP contribution >= 0.6 is 0 Å². The molecule has 1 saturated carbocycles. The Morgan fingerprint density at radius 1 is 1.00 bits per heavy atom. The highest BCUT2D eigenvalue weighted by Crippen LogP contribution is 2.54. The summed E-state index contributed by atoms with van der Waals surface area (Å²) in [6.45, 7) is 2.85. The second-order valence-corrected chi connectivity index (χ2v) is 14.7. The Labute approximate surface area is 305 Å². The van der Waals surface area contributed by atoms with Gasteiger partial charge in [-0.3, -0.25) is 14.7 Å². The molecule has 53 heavy (non-hydrogen) atoms. The van der Waals surface area contributed by atoms with Crippen molar-refractivity contribution in [1.29, 1.82) is 0 Å². The lowest BCUT2D eigenvalue weighted by atomic mass is 9.98. The smallest absolute Gasteiger partial charge is 0.407 e. The number of nitrogens with zero attached hydrogens (tertiary/aromatic N) is 4. The Kier molecular flexibility index (Phi) is 7.93. The summed E-state index contributed by atoms with van der Waals surface area (Å²) in [5.41, 5.74) is 5.26. The molecule has 0 radical (unpaired) electrons. The van der Waals surface area contributed by atoms with Crippen LogP contribution in [0.5, 0.6) is 0 Å². The third-order valence-electron chi connectivity index (χ3n) is 11.7. The van der Waals surface area contributed by atoms with Crippen molar-refractivity contribution in [3.05, 3.63) is 83.6 Å². The van der Waals surface area contributed by atoms with E-state index in [0.29, 0.717) is 28.0 Å². The number of methoxy groups -OCH3 is 2. The number of imidazole rings is 2. The van der Waals surface area contributed by atoms with Crippen molar-refractivity contribution in [3.63, 3.8) is 0 Å². The van der Waals surface area contributed by atoms with E-state index in [-0.39, 0.29) is 35.3 Å². The summed E-state index contributed by atoms with van der Waals surface area (Å²) in [6.07, 6.45) is 6.20. The minimum atomic E-state index is -3.18. The number of halogens is 2. The van der Waals surface area contributed by atoms with Gasteiger partial charge in [-0.15, -0.1) is 0 Å². The third-order valence-corrected chi connectivity index (χ3v) is 11.7. The normalized spacial score (nSPS) is 20.6. The van der Waals surface area contributed by atoms with Crippen molar-refractivity contribution in [1.82, 2.24) is 35.1 Å². The fourth-order valence-electron chi connectivity index (χ4n) is 8.77. The molecule has 5 aromatic rings. The minimum Gasteiger partial charge on any atom is -0.453 e. The number of carbonyl (C=O) groups excluding carboxylic acids is 2. The number of benzene rings is 3. The zero-order chi connectivity index (χ0) is 36.6. The second-order valence-electron chi connectivity index (χ2n) is 14.7. The number of alkyl halides is 2. The average Bonchev–Trinajstić information content (AvgIpc) is 3.89. The van der Waals surface area contributed by atoms with Gasteiger partial charge in [0.25, 0.3) is 5.92 Å². The first kappa shape index (κ1) is 33.7. The van der Waals surface area contributed by atoms with E-state index < -0.39 is 24.2 Å². The van der Waals surface area contributed by atoms with E-state index in [4.69, 9.17) is 14.5 Å². The van der Waals surface area contributed by atoms with Gasteiger partial charge in [-0.25, -0.2) is 14.8 Å². The van der Waals surface area contributed by atoms with Gasteiger partial charge < -0.3 is 24.7 Å². The molecule has 274 valence electrons. The number of amides is 2. The number of H-pyrrole nitrogens is 1. The third kappa shape index (κ3) is 5.34. The minimum absolute atomic E-state index is 0.00530. The summed E-state index contributed by atoms with van der Waals surface area (Å²) in [5, 5.41) is 6.17. The molecule has 2 aliphatic carbocycles. The molecule has 3 aromatic carbocycles. The predicted octanol–water partition coefficient (Wildman–Crippen LogP) is 6.64. The molecule has 3 atom stereocenters. The van der Waals surface area contributed by atoms with E-state index in [1.165, 1.54) is 14.2 Å².